The molecular weight excluding hydrogens is 388 g/mol. The van der Waals surface area contributed by atoms with Crippen LogP contribution in [0.2, 0.25) is 0 Å². The molecule has 0 atom stereocenters. The fourth-order valence-corrected chi connectivity index (χ4v) is 3.40. The van der Waals surface area contributed by atoms with Crippen LogP contribution in [0, 0.1) is 0 Å². The number of hydrogen-bond donors (Lipinski definition) is 2. The van der Waals surface area contributed by atoms with E-state index in [0.29, 0.717) is 29.7 Å². The van der Waals surface area contributed by atoms with Gasteiger partial charge < -0.3 is 5.32 Å². The quantitative estimate of drug-likeness (QED) is 0.586. The predicted octanol–water partition coefficient (Wildman–Crippen LogP) is 2.54. The first-order valence-corrected chi connectivity index (χ1v) is 10.5. The number of ketones is 1. The minimum Gasteiger partial charge on any atom is -0.352 e. The molecule has 1 amide bonds. The first-order valence-electron chi connectivity index (χ1n) is 8.95. The number of carbonyl (C=O) groups is 2. The maximum Gasteiger partial charge on any atom is 0.252 e. The normalized spacial score (nSPS) is 11.1. The van der Waals surface area contributed by atoms with Crippen molar-refractivity contribution in [3.63, 3.8) is 0 Å². The first-order chi connectivity index (χ1) is 13.9. The van der Waals surface area contributed by atoms with E-state index in [0.717, 1.165) is 5.56 Å². The monoisotopic (exact) mass is 408 g/mol. The van der Waals surface area contributed by atoms with Crippen LogP contribution in [0.4, 0.5) is 0 Å². The van der Waals surface area contributed by atoms with Crippen LogP contribution in [-0.4, -0.2) is 26.7 Å². The molecule has 148 valence electrons. The van der Waals surface area contributed by atoms with Crippen LogP contribution in [0.1, 0.15) is 31.8 Å². The molecule has 7 heteroatoms. The zero-order chi connectivity index (χ0) is 20.9. The minimum atomic E-state index is -3.73. The molecule has 29 heavy (non-hydrogen) atoms. The van der Waals surface area contributed by atoms with Gasteiger partial charge in [0.25, 0.3) is 5.91 Å². The van der Waals surface area contributed by atoms with Crippen molar-refractivity contribution < 1.29 is 18.0 Å². The van der Waals surface area contributed by atoms with Gasteiger partial charge in [-0.1, -0.05) is 60.7 Å². The van der Waals surface area contributed by atoms with Gasteiger partial charge in [0.2, 0.25) is 10.0 Å². The second-order valence-corrected chi connectivity index (χ2v) is 8.00. The summed E-state index contributed by atoms with van der Waals surface area (Å²) >= 11 is 0. The number of carbonyl (C=O) groups excluding carboxylic acids is 2. The van der Waals surface area contributed by atoms with Crippen molar-refractivity contribution in [2.45, 2.75) is 11.3 Å². The maximum atomic E-state index is 12.7. The van der Waals surface area contributed by atoms with Crippen LogP contribution >= 0.6 is 0 Å². The standard InChI is InChI=1S/C22H20N2O4S/c23-29(27,28)18-12-10-16(11-13-18)14-15-24-22(26)20-9-5-4-8-19(20)21(25)17-6-2-1-3-7-17/h1-13H,14-15H2,(H,24,26)(H2,23,27,28). The lowest BCUT2D eigenvalue weighted by Gasteiger charge is -2.10. The predicted molar refractivity (Wildman–Crippen MR) is 110 cm³/mol. The van der Waals surface area contributed by atoms with Crippen LogP contribution in [0.3, 0.4) is 0 Å². The molecule has 3 aromatic rings. The highest BCUT2D eigenvalue weighted by atomic mass is 32.2. The minimum absolute atomic E-state index is 0.0404. The largest absolute Gasteiger partial charge is 0.352 e. The summed E-state index contributed by atoms with van der Waals surface area (Å²) in [7, 11) is -3.73. The van der Waals surface area contributed by atoms with Crippen LogP contribution in [0.25, 0.3) is 0 Å². The number of hydrogen-bond acceptors (Lipinski definition) is 4. The van der Waals surface area contributed by atoms with Gasteiger partial charge in [-0.15, -0.1) is 0 Å². The molecule has 0 heterocycles. The third-order valence-corrected chi connectivity index (χ3v) is 5.33. The molecule has 0 aromatic heterocycles. The Morgan fingerprint density at radius 3 is 2.00 bits per heavy atom. The molecule has 3 rings (SSSR count). The molecular formula is C22H20N2O4S. The highest BCUT2D eigenvalue weighted by Crippen LogP contribution is 2.15. The van der Waals surface area contributed by atoms with Gasteiger partial charge in [0.05, 0.1) is 10.5 Å². The van der Waals surface area contributed by atoms with Crippen LogP contribution in [0.15, 0.2) is 83.8 Å². The van der Waals surface area contributed by atoms with Crippen molar-refractivity contribution >= 4 is 21.7 Å². The van der Waals surface area contributed by atoms with E-state index in [2.05, 4.69) is 5.32 Å². The van der Waals surface area contributed by atoms with Crippen LogP contribution < -0.4 is 10.5 Å². The Morgan fingerprint density at radius 2 is 1.38 bits per heavy atom. The summed E-state index contributed by atoms with van der Waals surface area (Å²) in [5.74, 6) is -0.555. The van der Waals surface area contributed by atoms with Crippen LogP contribution in [0.5, 0.6) is 0 Å². The zero-order valence-electron chi connectivity index (χ0n) is 15.5. The Bertz CT molecular complexity index is 1120. The zero-order valence-corrected chi connectivity index (χ0v) is 16.4. The summed E-state index contributed by atoms with van der Waals surface area (Å²) < 4.78 is 22.6. The highest BCUT2D eigenvalue weighted by molar-refractivity contribution is 7.89. The van der Waals surface area contributed by atoms with Gasteiger partial charge in [-0.3, -0.25) is 9.59 Å². The van der Waals surface area contributed by atoms with E-state index in [-0.39, 0.29) is 16.6 Å². The Kier molecular flexibility index (Phi) is 6.21. The Balaban J connectivity index is 1.67. The fraction of sp³-hybridized carbons (Fsp3) is 0.0909. The Hall–Kier alpha value is -3.29. The molecule has 0 saturated carbocycles. The van der Waals surface area contributed by atoms with Gasteiger partial charge >= 0.3 is 0 Å². The fourth-order valence-electron chi connectivity index (χ4n) is 2.89. The van der Waals surface area contributed by atoms with Gasteiger partial charge in [-0.2, -0.15) is 0 Å². The molecule has 0 aliphatic heterocycles. The Morgan fingerprint density at radius 1 is 0.793 bits per heavy atom. The van der Waals surface area contributed by atoms with Crippen LogP contribution in [-0.2, 0) is 16.4 Å². The van der Waals surface area contributed by atoms with Gasteiger partial charge in [0, 0.05) is 17.7 Å². The number of benzene rings is 3. The van der Waals surface area contributed by atoms with E-state index < -0.39 is 10.0 Å². The number of rotatable bonds is 7. The lowest BCUT2D eigenvalue weighted by atomic mass is 9.98. The number of sulfonamides is 1. The number of amides is 1. The van der Waals surface area contributed by atoms with E-state index in [1.54, 1.807) is 60.7 Å². The van der Waals surface area contributed by atoms with Crippen molar-refractivity contribution in [3.05, 3.63) is 101 Å². The molecule has 0 spiro atoms. The molecule has 6 nitrogen and oxygen atoms in total. The van der Waals surface area contributed by atoms with E-state index in [1.165, 1.54) is 12.1 Å². The smallest absolute Gasteiger partial charge is 0.252 e. The summed E-state index contributed by atoms with van der Waals surface area (Å²) in [6.45, 7) is 0.335. The third kappa shape index (κ3) is 5.16. The summed E-state index contributed by atoms with van der Waals surface area (Å²) in [6.07, 6.45) is 0.505. The molecule has 0 fully saturated rings. The van der Waals surface area contributed by atoms with E-state index in [1.807, 2.05) is 6.07 Å². The van der Waals surface area contributed by atoms with E-state index in [4.69, 9.17) is 5.14 Å². The second kappa shape index (κ2) is 8.81. The molecule has 0 bridgehead atoms. The summed E-state index contributed by atoms with van der Waals surface area (Å²) in [4.78, 5) is 25.4. The molecule has 3 aromatic carbocycles. The maximum absolute atomic E-state index is 12.7. The lowest BCUT2D eigenvalue weighted by Crippen LogP contribution is -2.27. The number of nitrogens with two attached hydrogens (primary N) is 1. The molecule has 0 aliphatic rings. The van der Waals surface area contributed by atoms with Gasteiger partial charge in [0.1, 0.15) is 0 Å². The molecule has 3 N–H and O–H groups in total. The SMILES string of the molecule is NS(=O)(=O)c1ccc(CCNC(=O)c2ccccc2C(=O)c2ccccc2)cc1. The van der Waals surface area contributed by atoms with Crippen molar-refractivity contribution in [3.8, 4) is 0 Å². The summed E-state index contributed by atoms with van der Waals surface area (Å²) in [5.41, 5.74) is 2.02. The van der Waals surface area contributed by atoms with Crippen molar-refractivity contribution in [2.24, 2.45) is 5.14 Å². The highest BCUT2D eigenvalue weighted by Gasteiger charge is 2.17. The summed E-state index contributed by atoms with van der Waals surface area (Å²) in [6, 6.07) is 21.6. The molecule has 0 aliphatic carbocycles. The van der Waals surface area contributed by atoms with Crippen molar-refractivity contribution in [1.29, 1.82) is 0 Å². The van der Waals surface area contributed by atoms with Gasteiger partial charge in [-0.05, 0) is 30.2 Å². The average Bonchev–Trinajstić information content (AvgIpc) is 2.73. The molecule has 0 radical (unpaired) electrons. The van der Waals surface area contributed by atoms with Gasteiger partial charge in [-0.25, -0.2) is 13.6 Å². The second-order valence-electron chi connectivity index (χ2n) is 6.44. The topological polar surface area (TPSA) is 106 Å². The Labute approximate surface area is 169 Å². The van der Waals surface area contributed by atoms with E-state index >= 15 is 0 Å². The third-order valence-electron chi connectivity index (χ3n) is 4.40. The lowest BCUT2D eigenvalue weighted by molar-refractivity contribution is 0.0942. The molecule has 0 unspecified atom stereocenters. The average molecular weight is 408 g/mol. The molecule has 0 saturated heterocycles. The van der Waals surface area contributed by atoms with E-state index in [9.17, 15) is 18.0 Å². The van der Waals surface area contributed by atoms with Gasteiger partial charge in [0.15, 0.2) is 5.78 Å². The number of nitrogens with one attached hydrogen (secondary N) is 1. The first kappa shape index (κ1) is 20.4. The van der Waals surface area contributed by atoms with Crippen molar-refractivity contribution in [1.82, 2.24) is 5.32 Å². The number of primary sulfonamides is 1. The summed E-state index contributed by atoms with van der Waals surface area (Å²) in [5, 5.41) is 7.88. The van der Waals surface area contributed by atoms with Crippen molar-refractivity contribution in [2.75, 3.05) is 6.54 Å².